The molecule has 0 aromatic rings. The van der Waals surface area contributed by atoms with E-state index in [0.29, 0.717) is 5.41 Å². The smallest absolute Gasteiger partial charge is 0.0531 e. The molecule has 1 heterocycles. The molecule has 0 unspecified atom stereocenters. The second kappa shape index (κ2) is 9.73. The lowest BCUT2D eigenvalue weighted by molar-refractivity contribution is 0.0216. The summed E-state index contributed by atoms with van der Waals surface area (Å²) in [5.41, 5.74) is 0.390. The van der Waals surface area contributed by atoms with Crippen molar-refractivity contribution in [2.24, 2.45) is 5.41 Å². The molecule has 1 rings (SSSR count). The molecular formula is C16H34N2O. The van der Waals surface area contributed by atoms with E-state index in [-0.39, 0.29) is 0 Å². The summed E-state index contributed by atoms with van der Waals surface area (Å²) in [4.78, 5) is 2.69. The lowest BCUT2D eigenvalue weighted by atomic mass is 9.79. The minimum absolute atomic E-state index is 0.390. The second-order valence-corrected chi connectivity index (χ2v) is 6.17. The molecule has 3 heteroatoms. The molecule has 0 saturated carbocycles. The number of rotatable bonds is 10. The fourth-order valence-electron chi connectivity index (χ4n) is 3.12. The molecule has 0 aliphatic carbocycles. The third-order valence-corrected chi connectivity index (χ3v) is 4.33. The van der Waals surface area contributed by atoms with Gasteiger partial charge < -0.3 is 15.0 Å². The minimum Gasteiger partial charge on any atom is -0.384 e. The summed E-state index contributed by atoms with van der Waals surface area (Å²) in [6.45, 7) is 11.5. The zero-order valence-corrected chi connectivity index (χ0v) is 13.3. The van der Waals surface area contributed by atoms with Gasteiger partial charge in [0.1, 0.15) is 0 Å². The maximum atomic E-state index is 5.54. The summed E-state index contributed by atoms with van der Waals surface area (Å²) in [5, 5.41) is 3.48. The quantitative estimate of drug-likeness (QED) is 0.660. The Hall–Kier alpha value is -0.120. The molecule has 1 aliphatic heterocycles. The van der Waals surface area contributed by atoms with Gasteiger partial charge in [-0.15, -0.1) is 0 Å². The van der Waals surface area contributed by atoms with Crippen LogP contribution in [-0.2, 0) is 4.74 Å². The van der Waals surface area contributed by atoms with Crippen LogP contribution < -0.4 is 5.32 Å². The molecule has 1 saturated heterocycles. The molecule has 0 aromatic heterocycles. The van der Waals surface area contributed by atoms with Crippen molar-refractivity contribution < 1.29 is 4.74 Å². The lowest BCUT2D eigenvalue weighted by Gasteiger charge is -2.41. The van der Waals surface area contributed by atoms with Crippen LogP contribution in [0.4, 0.5) is 0 Å². The molecule has 19 heavy (non-hydrogen) atoms. The number of nitrogens with one attached hydrogen (secondary N) is 1. The fraction of sp³-hybridized carbons (Fsp3) is 1.00. The first-order valence-corrected chi connectivity index (χ1v) is 8.18. The largest absolute Gasteiger partial charge is 0.384 e. The summed E-state index contributed by atoms with van der Waals surface area (Å²) in [6, 6.07) is 0. The Balaban J connectivity index is 2.54. The van der Waals surface area contributed by atoms with Crippen LogP contribution in [-0.4, -0.2) is 51.3 Å². The first-order valence-electron chi connectivity index (χ1n) is 8.18. The molecule has 0 bridgehead atoms. The number of hydrogen-bond donors (Lipinski definition) is 1. The van der Waals surface area contributed by atoms with Crippen molar-refractivity contribution in [1.29, 1.82) is 0 Å². The number of piperidine rings is 1. The van der Waals surface area contributed by atoms with Crippen LogP contribution >= 0.6 is 0 Å². The van der Waals surface area contributed by atoms with E-state index in [1.807, 2.05) is 7.11 Å². The van der Waals surface area contributed by atoms with E-state index in [0.717, 1.165) is 19.7 Å². The summed E-state index contributed by atoms with van der Waals surface area (Å²) in [6.07, 6.45) is 7.75. The van der Waals surface area contributed by atoms with E-state index in [1.165, 1.54) is 58.2 Å². The van der Waals surface area contributed by atoms with E-state index in [4.69, 9.17) is 4.74 Å². The topological polar surface area (TPSA) is 24.5 Å². The van der Waals surface area contributed by atoms with Gasteiger partial charge in [0.05, 0.1) is 6.61 Å². The number of unbranched alkanes of at least 4 members (excludes halogenated alkanes) is 2. The van der Waals surface area contributed by atoms with Crippen LogP contribution in [0.1, 0.15) is 52.4 Å². The van der Waals surface area contributed by atoms with Crippen LogP contribution in [0, 0.1) is 5.41 Å². The van der Waals surface area contributed by atoms with E-state index in [2.05, 4.69) is 24.1 Å². The molecule has 1 aliphatic rings. The molecular weight excluding hydrogens is 236 g/mol. The standard InChI is InChI=1S/C16H34N2O/c1-4-6-12-18(13-7-5-2)14-16(15-19-3)8-10-17-11-9-16/h17H,4-15H2,1-3H3. The highest BCUT2D eigenvalue weighted by atomic mass is 16.5. The Morgan fingerprint density at radius 2 is 1.63 bits per heavy atom. The van der Waals surface area contributed by atoms with Crippen LogP contribution in [0.2, 0.25) is 0 Å². The normalized spacial score (nSPS) is 18.9. The fourth-order valence-corrected chi connectivity index (χ4v) is 3.12. The van der Waals surface area contributed by atoms with Crippen molar-refractivity contribution in [1.82, 2.24) is 10.2 Å². The Kier molecular flexibility index (Phi) is 8.67. The minimum atomic E-state index is 0.390. The zero-order valence-electron chi connectivity index (χ0n) is 13.3. The van der Waals surface area contributed by atoms with Gasteiger partial charge in [0.2, 0.25) is 0 Å². The third kappa shape index (κ3) is 6.24. The Bertz CT molecular complexity index is 201. The molecule has 1 N–H and O–H groups in total. The van der Waals surface area contributed by atoms with Crippen molar-refractivity contribution in [3.8, 4) is 0 Å². The van der Waals surface area contributed by atoms with Crippen molar-refractivity contribution in [2.75, 3.05) is 46.4 Å². The highest BCUT2D eigenvalue weighted by molar-refractivity contribution is 4.87. The van der Waals surface area contributed by atoms with Crippen LogP contribution in [0.5, 0.6) is 0 Å². The maximum Gasteiger partial charge on any atom is 0.0531 e. The molecule has 0 atom stereocenters. The number of methoxy groups -OCH3 is 1. The molecule has 0 aromatic carbocycles. The summed E-state index contributed by atoms with van der Waals surface area (Å²) in [7, 11) is 1.85. The molecule has 3 nitrogen and oxygen atoms in total. The van der Waals surface area contributed by atoms with Gasteiger partial charge in [-0.2, -0.15) is 0 Å². The van der Waals surface area contributed by atoms with Gasteiger partial charge in [-0.05, 0) is 51.9 Å². The zero-order chi connectivity index (χ0) is 14.0. The van der Waals surface area contributed by atoms with Gasteiger partial charge in [-0.25, -0.2) is 0 Å². The van der Waals surface area contributed by atoms with E-state index >= 15 is 0 Å². The molecule has 0 radical (unpaired) electrons. The van der Waals surface area contributed by atoms with Crippen LogP contribution in [0.3, 0.4) is 0 Å². The van der Waals surface area contributed by atoms with Gasteiger partial charge in [0.15, 0.2) is 0 Å². The monoisotopic (exact) mass is 270 g/mol. The van der Waals surface area contributed by atoms with Gasteiger partial charge in [0, 0.05) is 19.1 Å². The summed E-state index contributed by atoms with van der Waals surface area (Å²) >= 11 is 0. The Morgan fingerprint density at radius 1 is 1.05 bits per heavy atom. The van der Waals surface area contributed by atoms with Crippen molar-refractivity contribution in [3.63, 3.8) is 0 Å². The SMILES string of the molecule is CCCCN(CCCC)CC1(COC)CCNCC1. The van der Waals surface area contributed by atoms with Crippen molar-refractivity contribution >= 4 is 0 Å². The lowest BCUT2D eigenvalue weighted by Crippen LogP contribution is -2.47. The average Bonchev–Trinajstić information content (AvgIpc) is 2.43. The summed E-state index contributed by atoms with van der Waals surface area (Å²) < 4.78 is 5.54. The Labute approximate surface area is 120 Å². The second-order valence-electron chi connectivity index (χ2n) is 6.17. The molecule has 0 spiro atoms. The van der Waals surface area contributed by atoms with E-state index < -0.39 is 0 Å². The van der Waals surface area contributed by atoms with E-state index in [9.17, 15) is 0 Å². The van der Waals surface area contributed by atoms with Gasteiger partial charge >= 0.3 is 0 Å². The third-order valence-electron chi connectivity index (χ3n) is 4.33. The first kappa shape index (κ1) is 16.9. The number of ether oxygens (including phenoxy) is 1. The van der Waals surface area contributed by atoms with Crippen molar-refractivity contribution in [2.45, 2.75) is 52.4 Å². The van der Waals surface area contributed by atoms with Gasteiger partial charge in [-0.1, -0.05) is 26.7 Å². The highest BCUT2D eigenvalue weighted by Gasteiger charge is 2.33. The molecule has 0 amide bonds. The van der Waals surface area contributed by atoms with Gasteiger partial charge in [0.25, 0.3) is 0 Å². The first-order chi connectivity index (χ1) is 9.26. The Morgan fingerprint density at radius 3 is 2.11 bits per heavy atom. The maximum absolute atomic E-state index is 5.54. The van der Waals surface area contributed by atoms with E-state index in [1.54, 1.807) is 0 Å². The predicted molar refractivity (Wildman–Crippen MR) is 82.7 cm³/mol. The van der Waals surface area contributed by atoms with Gasteiger partial charge in [-0.3, -0.25) is 0 Å². The summed E-state index contributed by atoms with van der Waals surface area (Å²) in [5.74, 6) is 0. The predicted octanol–water partition coefficient (Wildman–Crippen LogP) is 2.90. The average molecular weight is 270 g/mol. The highest BCUT2D eigenvalue weighted by Crippen LogP contribution is 2.30. The number of hydrogen-bond acceptors (Lipinski definition) is 3. The number of nitrogens with zero attached hydrogens (tertiary/aromatic N) is 1. The molecule has 1 fully saturated rings. The van der Waals surface area contributed by atoms with Crippen LogP contribution in [0.15, 0.2) is 0 Å². The molecule has 114 valence electrons. The van der Waals surface area contributed by atoms with Crippen molar-refractivity contribution in [3.05, 3.63) is 0 Å². The van der Waals surface area contributed by atoms with Crippen LogP contribution in [0.25, 0.3) is 0 Å².